The van der Waals surface area contributed by atoms with Crippen molar-refractivity contribution >= 4 is 27.5 Å². The molecule has 4 nitrogen and oxygen atoms in total. The summed E-state index contributed by atoms with van der Waals surface area (Å²) < 4.78 is 0.990. The maximum Gasteiger partial charge on any atom is 0.280 e. The third-order valence-electron chi connectivity index (χ3n) is 4.22. The Morgan fingerprint density at radius 1 is 1.13 bits per heavy atom. The molecule has 5 heteroatoms. The van der Waals surface area contributed by atoms with Gasteiger partial charge in [0.25, 0.3) is 5.91 Å². The number of rotatable bonds is 3. The number of nitrogens with one attached hydrogen (secondary N) is 1. The van der Waals surface area contributed by atoms with Crippen LogP contribution in [0.2, 0.25) is 0 Å². The van der Waals surface area contributed by atoms with Crippen LogP contribution >= 0.6 is 11.3 Å². The maximum atomic E-state index is 12.3. The zero-order chi connectivity index (χ0) is 15.9. The van der Waals surface area contributed by atoms with E-state index < -0.39 is 5.60 Å². The summed E-state index contributed by atoms with van der Waals surface area (Å²) in [5.41, 5.74) is 2.24. The van der Waals surface area contributed by atoms with Crippen LogP contribution < -0.4 is 5.32 Å². The molecular formula is C18H16N2O2S. The molecule has 0 radical (unpaired) electrons. The van der Waals surface area contributed by atoms with E-state index in [1.54, 1.807) is 0 Å². The lowest BCUT2D eigenvalue weighted by molar-refractivity contribution is 0.0480. The van der Waals surface area contributed by atoms with Crippen molar-refractivity contribution in [2.75, 3.05) is 6.54 Å². The summed E-state index contributed by atoms with van der Waals surface area (Å²) in [6, 6.07) is 15.7. The number of fused-ring (bicyclic) bond motifs is 2. The molecule has 0 bridgehead atoms. The summed E-state index contributed by atoms with van der Waals surface area (Å²) in [4.78, 5) is 16.7. The number of carbonyl (C=O) groups excluding carboxylic acids is 1. The highest BCUT2D eigenvalue weighted by Gasteiger charge is 2.35. The van der Waals surface area contributed by atoms with Crippen molar-refractivity contribution in [3.8, 4) is 0 Å². The summed E-state index contributed by atoms with van der Waals surface area (Å²) >= 11 is 1.37. The first kappa shape index (κ1) is 14.4. The van der Waals surface area contributed by atoms with E-state index in [-0.39, 0.29) is 12.5 Å². The first-order valence-corrected chi connectivity index (χ1v) is 8.38. The van der Waals surface area contributed by atoms with E-state index in [0.717, 1.165) is 21.3 Å². The second kappa shape index (κ2) is 5.44. The van der Waals surface area contributed by atoms with Gasteiger partial charge in [-0.3, -0.25) is 4.79 Å². The Morgan fingerprint density at radius 3 is 2.48 bits per heavy atom. The van der Waals surface area contributed by atoms with Gasteiger partial charge in [0, 0.05) is 19.4 Å². The van der Waals surface area contributed by atoms with Crippen molar-refractivity contribution < 1.29 is 9.90 Å². The molecule has 1 heterocycles. The summed E-state index contributed by atoms with van der Waals surface area (Å²) in [5.74, 6) is -0.226. The summed E-state index contributed by atoms with van der Waals surface area (Å²) in [5, 5.41) is 14.0. The second-order valence-corrected chi connectivity index (χ2v) is 7.05. The summed E-state index contributed by atoms with van der Waals surface area (Å²) in [6.45, 7) is 0.233. The number of aliphatic hydroxyl groups is 1. The Kier molecular flexibility index (Phi) is 3.39. The molecule has 0 spiro atoms. The lowest BCUT2D eigenvalue weighted by Gasteiger charge is -2.22. The molecule has 0 fully saturated rings. The topological polar surface area (TPSA) is 62.2 Å². The van der Waals surface area contributed by atoms with E-state index in [4.69, 9.17) is 0 Å². The molecule has 2 aromatic carbocycles. The molecule has 1 aromatic heterocycles. The summed E-state index contributed by atoms with van der Waals surface area (Å²) in [6.07, 6.45) is 1.15. The van der Waals surface area contributed by atoms with Crippen LogP contribution in [0.4, 0.5) is 0 Å². The van der Waals surface area contributed by atoms with E-state index in [1.165, 1.54) is 11.3 Å². The average molecular weight is 324 g/mol. The molecule has 3 aromatic rings. The van der Waals surface area contributed by atoms with Gasteiger partial charge in [-0.25, -0.2) is 4.98 Å². The molecule has 2 N–H and O–H groups in total. The number of nitrogens with zero attached hydrogens (tertiary/aromatic N) is 1. The van der Waals surface area contributed by atoms with Gasteiger partial charge in [-0.1, -0.05) is 36.4 Å². The first-order chi connectivity index (χ1) is 11.1. The number of para-hydroxylation sites is 1. The van der Waals surface area contributed by atoms with Gasteiger partial charge >= 0.3 is 0 Å². The Bertz CT molecular complexity index is 829. The maximum absolute atomic E-state index is 12.3. The predicted molar refractivity (Wildman–Crippen MR) is 90.8 cm³/mol. The molecule has 0 saturated carbocycles. The van der Waals surface area contributed by atoms with Crippen molar-refractivity contribution in [2.24, 2.45) is 0 Å². The molecule has 23 heavy (non-hydrogen) atoms. The van der Waals surface area contributed by atoms with Crippen LogP contribution in [0.15, 0.2) is 48.5 Å². The van der Waals surface area contributed by atoms with Crippen molar-refractivity contribution in [2.45, 2.75) is 18.4 Å². The van der Waals surface area contributed by atoms with Gasteiger partial charge in [-0.2, -0.15) is 0 Å². The fourth-order valence-electron chi connectivity index (χ4n) is 3.09. The molecule has 116 valence electrons. The smallest absolute Gasteiger partial charge is 0.280 e. The van der Waals surface area contributed by atoms with Gasteiger partial charge in [0.1, 0.15) is 0 Å². The monoisotopic (exact) mass is 324 g/mol. The van der Waals surface area contributed by atoms with Gasteiger partial charge in [-0.15, -0.1) is 11.3 Å². The molecular weight excluding hydrogens is 308 g/mol. The van der Waals surface area contributed by atoms with E-state index in [0.29, 0.717) is 17.8 Å². The highest BCUT2D eigenvalue weighted by atomic mass is 32.1. The number of benzene rings is 2. The Balaban J connectivity index is 1.46. The molecule has 1 aliphatic carbocycles. The molecule has 4 rings (SSSR count). The zero-order valence-electron chi connectivity index (χ0n) is 12.5. The number of aromatic nitrogens is 1. The Morgan fingerprint density at radius 2 is 1.78 bits per heavy atom. The van der Waals surface area contributed by atoms with Crippen LogP contribution in [0.3, 0.4) is 0 Å². The van der Waals surface area contributed by atoms with E-state index in [9.17, 15) is 9.90 Å². The van der Waals surface area contributed by atoms with Gasteiger partial charge in [0.15, 0.2) is 5.01 Å². The fraction of sp³-hybridized carbons (Fsp3) is 0.222. The van der Waals surface area contributed by atoms with Gasteiger partial charge in [-0.05, 0) is 23.3 Å². The Hall–Kier alpha value is -2.24. The first-order valence-electron chi connectivity index (χ1n) is 7.56. The minimum absolute atomic E-state index is 0.226. The number of thiazole rings is 1. The van der Waals surface area contributed by atoms with Gasteiger partial charge in [0.2, 0.25) is 0 Å². The average Bonchev–Trinajstić information content (AvgIpc) is 3.12. The lowest BCUT2D eigenvalue weighted by Crippen LogP contribution is -2.43. The van der Waals surface area contributed by atoms with Gasteiger partial charge in [0.05, 0.1) is 15.8 Å². The Labute approximate surface area is 137 Å². The van der Waals surface area contributed by atoms with Crippen LogP contribution in [-0.4, -0.2) is 28.1 Å². The largest absolute Gasteiger partial charge is 0.387 e. The second-order valence-electron chi connectivity index (χ2n) is 6.02. The number of hydrogen-bond acceptors (Lipinski definition) is 4. The van der Waals surface area contributed by atoms with E-state index >= 15 is 0 Å². The fourth-order valence-corrected chi connectivity index (χ4v) is 3.97. The highest BCUT2D eigenvalue weighted by Crippen LogP contribution is 2.29. The predicted octanol–water partition coefficient (Wildman–Crippen LogP) is 2.56. The van der Waals surface area contributed by atoms with Crippen molar-refractivity contribution in [3.63, 3.8) is 0 Å². The third kappa shape index (κ3) is 2.73. The van der Waals surface area contributed by atoms with Crippen LogP contribution in [-0.2, 0) is 12.8 Å². The normalized spacial score (nSPS) is 15.5. The van der Waals surface area contributed by atoms with E-state index in [1.807, 2.05) is 48.5 Å². The SMILES string of the molecule is O=C(NCC1(O)Cc2ccccc2C1)c1nc2ccccc2s1. The van der Waals surface area contributed by atoms with Crippen molar-refractivity contribution in [3.05, 3.63) is 64.7 Å². The van der Waals surface area contributed by atoms with Crippen LogP contribution in [0.1, 0.15) is 20.9 Å². The molecule has 0 saturated heterocycles. The molecule has 1 amide bonds. The highest BCUT2D eigenvalue weighted by molar-refractivity contribution is 7.20. The van der Waals surface area contributed by atoms with Crippen LogP contribution in [0, 0.1) is 0 Å². The molecule has 0 atom stereocenters. The lowest BCUT2D eigenvalue weighted by atomic mass is 10.0. The van der Waals surface area contributed by atoms with Crippen LogP contribution in [0.25, 0.3) is 10.2 Å². The minimum Gasteiger partial charge on any atom is -0.387 e. The van der Waals surface area contributed by atoms with Crippen molar-refractivity contribution in [1.29, 1.82) is 0 Å². The van der Waals surface area contributed by atoms with Gasteiger partial charge < -0.3 is 10.4 Å². The summed E-state index contributed by atoms with van der Waals surface area (Å²) in [7, 11) is 0. The number of amides is 1. The molecule has 1 aliphatic rings. The van der Waals surface area contributed by atoms with E-state index in [2.05, 4.69) is 10.3 Å². The minimum atomic E-state index is -0.907. The third-order valence-corrected chi connectivity index (χ3v) is 5.26. The number of carbonyl (C=O) groups is 1. The molecule has 0 unspecified atom stereocenters. The molecule has 0 aliphatic heterocycles. The number of hydrogen-bond donors (Lipinski definition) is 2. The van der Waals surface area contributed by atoms with Crippen LogP contribution in [0.5, 0.6) is 0 Å². The quantitative estimate of drug-likeness (QED) is 0.778. The standard InChI is InChI=1S/C18H16N2O2S/c21-16(17-20-14-7-3-4-8-15(14)23-17)19-11-18(22)9-12-5-1-2-6-13(12)10-18/h1-8,22H,9-11H2,(H,19,21). The zero-order valence-corrected chi connectivity index (χ0v) is 13.3. The van der Waals surface area contributed by atoms with Crippen molar-refractivity contribution in [1.82, 2.24) is 10.3 Å².